The lowest BCUT2D eigenvalue weighted by Crippen LogP contribution is -2.30. The van der Waals surface area contributed by atoms with E-state index in [1.807, 2.05) is 0 Å². The van der Waals surface area contributed by atoms with Gasteiger partial charge in [0.2, 0.25) is 0 Å². The van der Waals surface area contributed by atoms with Gasteiger partial charge < -0.3 is 4.43 Å². The molecule has 0 spiro atoms. The lowest BCUT2D eigenvalue weighted by atomic mass is 10.2. The van der Waals surface area contributed by atoms with Gasteiger partial charge in [-0.1, -0.05) is 18.2 Å². The van der Waals surface area contributed by atoms with E-state index in [1.54, 1.807) is 0 Å². The van der Waals surface area contributed by atoms with Crippen molar-refractivity contribution in [3.63, 3.8) is 0 Å². The van der Waals surface area contributed by atoms with Crippen molar-refractivity contribution in [1.29, 1.82) is 0 Å². The molecule has 1 nitrogen and oxygen atoms in total. The minimum Gasteiger partial charge on any atom is -0.418 e. The predicted molar refractivity (Wildman–Crippen MR) is 76.8 cm³/mol. The molecule has 0 unspecified atom stereocenters. The summed E-state index contributed by atoms with van der Waals surface area (Å²) >= 11 is 2.41. The molecule has 0 aliphatic carbocycles. The van der Waals surface area contributed by atoms with Crippen LogP contribution in [0.2, 0.25) is 19.1 Å². The molecule has 0 aromatic heterocycles. The topological polar surface area (TPSA) is 9.23 Å². The molecule has 1 aromatic rings. The molecule has 3 heteroatoms. The average molecular weight is 334 g/mol. The Hall–Kier alpha value is 0.127. The van der Waals surface area contributed by atoms with E-state index < -0.39 is 8.32 Å². The molecule has 15 heavy (non-hydrogen) atoms. The minimum absolute atomic E-state index is 0.852. The quantitative estimate of drug-likeness (QED) is 0.582. The van der Waals surface area contributed by atoms with Crippen molar-refractivity contribution in [2.45, 2.75) is 32.5 Å². The summed E-state index contributed by atoms with van der Waals surface area (Å²) in [6.45, 7) is 7.53. The van der Waals surface area contributed by atoms with Crippen molar-refractivity contribution in [2.24, 2.45) is 0 Å². The van der Waals surface area contributed by atoms with Gasteiger partial charge >= 0.3 is 0 Å². The second-order valence-corrected chi connectivity index (χ2v) is 9.75. The van der Waals surface area contributed by atoms with E-state index in [1.165, 1.54) is 15.2 Å². The summed E-state index contributed by atoms with van der Waals surface area (Å²) in [5.41, 5.74) is 1.46. The molecule has 0 saturated heterocycles. The van der Waals surface area contributed by atoms with E-state index in [0.29, 0.717) is 0 Å². The summed E-state index contributed by atoms with van der Waals surface area (Å²) in [6, 6.07) is 9.81. The Bertz CT molecular complexity index is 312. The Morgan fingerprint density at radius 2 is 1.93 bits per heavy atom. The van der Waals surface area contributed by atoms with Gasteiger partial charge in [-0.15, -0.1) is 0 Å². The van der Waals surface area contributed by atoms with Crippen molar-refractivity contribution >= 4 is 30.9 Å². The molecule has 0 aliphatic heterocycles. The molecule has 1 aromatic carbocycles. The highest BCUT2D eigenvalue weighted by Gasteiger charge is 2.21. The summed E-state index contributed by atoms with van der Waals surface area (Å²) in [5, 5.41) is 0. The molecule has 0 atom stereocenters. The zero-order valence-corrected chi connectivity index (χ0v) is 12.9. The Morgan fingerprint density at radius 3 is 2.53 bits per heavy atom. The monoisotopic (exact) mass is 334 g/mol. The Balaban J connectivity index is 2.53. The van der Waals surface area contributed by atoms with E-state index in [2.05, 4.69) is 66.9 Å². The van der Waals surface area contributed by atoms with E-state index in [0.717, 1.165) is 13.0 Å². The largest absolute Gasteiger partial charge is 0.418 e. The standard InChI is InChI=1S/C12H19IOSi/c1-4-14-15(2,3)10-9-11-7-5-6-8-12(11)13/h5-8H,4,9-10H2,1-3H3. The Labute approximate surface area is 108 Å². The molecule has 0 bridgehead atoms. The number of benzene rings is 1. The first-order chi connectivity index (χ1) is 7.05. The van der Waals surface area contributed by atoms with Crippen molar-refractivity contribution < 1.29 is 4.43 Å². The minimum atomic E-state index is -1.41. The number of halogens is 1. The molecule has 0 saturated carbocycles. The van der Waals surface area contributed by atoms with E-state index >= 15 is 0 Å². The fourth-order valence-corrected chi connectivity index (χ4v) is 4.05. The molecule has 0 amide bonds. The van der Waals surface area contributed by atoms with Crippen LogP contribution in [0.5, 0.6) is 0 Å². The lowest BCUT2D eigenvalue weighted by molar-refractivity contribution is 0.329. The molecule has 1 rings (SSSR count). The summed E-state index contributed by atoms with van der Waals surface area (Å²) in [6.07, 6.45) is 1.15. The van der Waals surface area contributed by atoms with Gasteiger partial charge in [0.1, 0.15) is 0 Å². The van der Waals surface area contributed by atoms with Crippen LogP contribution in [-0.4, -0.2) is 14.9 Å². The van der Waals surface area contributed by atoms with Crippen LogP contribution in [0, 0.1) is 3.57 Å². The number of aryl methyl sites for hydroxylation is 1. The second kappa shape index (κ2) is 6.01. The average Bonchev–Trinajstić information content (AvgIpc) is 2.16. The van der Waals surface area contributed by atoms with E-state index in [-0.39, 0.29) is 0 Å². The smallest absolute Gasteiger partial charge is 0.187 e. The first-order valence-electron chi connectivity index (χ1n) is 5.42. The third kappa shape index (κ3) is 4.65. The third-order valence-electron chi connectivity index (χ3n) is 2.49. The molecule has 0 radical (unpaired) electrons. The molecule has 0 fully saturated rings. The van der Waals surface area contributed by atoms with Crippen LogP contribution < -0.4 is 0 Å². The first-order valence-corrected chi connectivity index (χ1v) is 9.62. The Kier molecular flexibility index (Phi) is 5.29. The zero-order valence-electron chi connectivity index (χ0n) is 9.72. The number of hydrogen-bond acceptors (Lipinski definition) is 1. The first kappa shape index (κ1) is 13.2. The van der Waals surface area contributed by atoms with E-state index in [9.17, 15) is 0 Å². The van der Waals surface area contributed by atoms with Crippen LogP contribution in [0.4, 0.5) is 0 Å². The van der Waals surface area contributed by atoms with Gasteiger partial charge in [-0.2, -0.15) is 0 Å². The maximum absolute atomic E-state index is 5.83. The van der Waals surface area contributed by atoms with Crippen LogP contribution >= 0.6 is 22.6 Å². The van der Waals surface area contributed by atoms with Crippen LogP contribution in [0.15, 0.2) is 24.3 Å². The summed E-state index contributed by atoms with van der Waals surface area (Å²) < 4.78 is 7.20. The normalized spacial score (nSPS) is 11.7. The van der Waals surface area contributed by atoms with Crippen LogP contribution in [0.3, 0.4) is 0 Å². The van der Waals surface area contributed by atoms with Gasteiger partial charge in [0.15, 0.2) is 8.32 Å². The van der Waals surface area contributed by atoms with Crippen molar-refractivity contribution in [3.05, 3.63) is 33.4 Å². The lowest BCUT2D eigenvalue weighted by Gasteiger charge is -2.22. The van der Waals surface area contributed by atoms with Crippen molar-refractivity contribution in [3.8, 4) is 0 Å². The van der Waals surface area contributed by atoms with Crippen LogP contribution in [0.25, 0.3) is 0 Å². The maximum Gasteiger partial charge on any atom is 0.187 e. The molecular weight excluding hydrogens is 315 g/mol. The summed E-state index contributed by atoms with van der Waals surface area (Å²) in [4.78, 5) is 0. The van der Waals surface area contributed by atoms with Gasteiger partial charge in [0, 0.05) is 10.2 Å². The maximum atomic E-state index is 5.83. The highest BCUT2D eigenvalue weighted by atomic mass is 127. The number of hydrogen-bond donors (Lipinski definition) is 0. The van der Waals surface area contributed by atoms with Gasteiger partial charge in [0.05, 0.1) is 0 Å². The molecular formula is C12H19IOSi. The predicted octanol–water partition coefficient (Wildman–Crippen LogP) is 4.08. The highest BCUT2D eigenvalue weighted by molar-refractivity contribution is 14.1. The fourth-order valence-electron chi connectivity index (χ4n) is 1.60. The SMILES string of the molecule is CCO[Si](C)(C)CCc1ccccc1I. The van der Waals surface area contributed by atoms with Gasteiger partial charge in [-0.25, -0.2) is 0 Å². The van der Waals surface area contributed by atoms with Crippen LogP contribution in [0.1, 0.15) is 12.5 Å². The molecule has 84 valence electrons. The van der Waals surface area contributed by atoms with E-state index in [4.69, 9.17) is 4.43 Å². The van der Waals surface area contributed by atoms with Crippen molar-refractivity contribution in [2.75, 3.05) is 6.61 Å². The van der Waals surface area contributed by atoms with Gasteiger partial charge in [-0.3, -0.25) is 0 Å². The Morgan fingerprint density at radius 1 is 1.27 bits per heavy atom. The summed E-state index contributed by atoms with van der Waals surface area (Å²) in [7, 11) is -1.41. The summed E-state index contributed by atoms with van der Waals surface area (Å²) in [5.74, 6) is 0. The zero-order chi connectivity index (χ0) is 11.3. The third-order valence-corrected chi connectivity index (χ3v) is 6.07. The fraction of sp³-hybridized carbons (Fsp3) is 0.500. The second-order valence-electron chi connectivity index (χ2n) is 4.28. The molecule has 0 N–H and O–H groups in total. The number of rotatable bonds is 5. The van der Waals surface area contributed by atoms with Gasteiger partial charge in [0.25, 0.3) is 0 Å². The molecule has 0 heterocycles. The van der Waals surface area contributed by atoms with Gasteiger partial charge in [-0.05, 0) is 66.7 Å². The van der Waals surface area contributed by atoms with Crippen LogP contribution in [-0.2, 0) is 10.8 Å². The van der Waals surface area contributed by atoms with Crippen molar-refractivity contribution in [1.82, 2.24) is 0 Å². The molecule has 0 aliphatic rings. The highest BCUT2D eigenvalue weighted by Crippen LogP contribution is 2.19.